The van der Waals surface area contributed by atoms with Crippen LogP contribution >= 0.6 is 0 Å². The fourth-order valence-corrected chi connectivity index (χ4v) is 5.00. The molecule has 0 radical (unpaired) electrons. The number of benzene rings is 2. The summed E-state index contributed by atoms with van der Waals surface area (Å²) in [5.41, 5.74) is 6.23. The monoisotopic (exact) mass is 490 g/mol. The molecule has 0 fully saturated rings. The quantitative estimate of drug-likeness (QED) is 0.297. The Balaban J connectivity index is 1.69. The molecule has 1 aliphatic heterocycles. The summed E-state index contributed by atoms with van der Waals surface area (Å²) >= 11 is 0. The normalized spacial score (nSPS) is 15.2. The van der Waals surface area contributed by atoms with E-state index < -0.39 is 0 Å². The van der Waals surface area contributed by atoms with E-state index >= 15 is 0 Å². The van der Waals surface area contributed by atoms with Gasteiger partial charge in [0.25, 0.3) is 0 Å². The maximum absolute atomic E-state index is 15.0. The predicted octanol–water partition coefficient (Wildman–Crippen LogP) is 7.39. The molecular formula is C31H39FN2O2. The summed E-state index contributed by atoms with van der Waals surface area (Å²) in [5, 5.41) is 0. The van der Waals surface area contributed by atoms with Gasteiger partial charge in [0.15, 0.2) is 0 Å². The minimum absolute atomic E-state index is 0.0161. The number of hydrogen-bond donors (Lipinski definition) is 0. The Hall–Kier alpha value is -2.92. The van der Waals surface area contributed by atoms with Gasteiger partial charge in [-0.25, -0.2) is 9.37 Å². The molecule has 192 valence electrons. The summed E-state index contributed by atoms with van der Waals surface area (Å²) in [4.78, 5) is 6.43. The second kappa shape index (κ2) is 11.9. The van der Waals surface area contributed by atoms with Crippen LogP contribution in [0.3, 0.4) is 0 Å². The van der Waals surface area contributed by atoms with Gasteiger partial charge >= 0.3 is 0 Å². The number of ether oxygens (including phenoxy) is 2. The molecule has 3 aromatic rings. The van der Waals surface area contributed by atoms with Crippen LogP contribution in [0.2, 0.25) is 0 Å². The van der Waals surface area contributed by atoms with Crippen molar-refractivity contribution in [1.82, 2.24) is 9.88 Å². The molecule has 1 aromatic heterocycles. The van der Waals surface area contributed by atoms with Crippen LogP contribution in [0.1, 0.15) is 69.4 Å². The van der Waals surface area contributed by atoms with Gasteiger partial charge in [0.2, 0.25) is 5.88 Å². The molecule has 0 saturated carbocycles. The SMILES string of the molecule is CCOc1cc(-c2ccc(C3CCc4ccc(CC(C)C)cc4O3)cc2CN(CC)CC)c(F)cn1. The van der Waals surface area contributed by atoms with Gasteiger partial charge in [-0.15, -0.1) is 0 Å². The van der Waals surface area contributed by atoms with Crippen molar-refractivity contribution in [2.45, 2.75) is 66.5 Å². The van der Waals surface area contributed by atoms with E-state index in [-0.39, 0.29) is 11.9 Å². The standard InChI is InChI=1S/C31H39FN2O2/c1-6-34(7-2)20-25-17-24(11-13-26(25)27-18-31(35-8-3)33-19-28(27)32)29-14-12-23-10-9-22(15-21(4)5)16-30(23)36-29/h9-11,13,16-19,21,29H,6-8,12,14-15,20H2,1-5H3. The molecule has 0 saturated heterocycles. The number of nitrogens with zero attached hydrogens (tertiary/aromatic N) is 2. The minimum atomic E-state index is -0.340. The molecule has 0 spiro atoms. The Morgan fingerprint density at radius 2 is 1.86 bits per heavy atom. The largest absolute Gasteiger partial charge is 0.485 e. The van der Waals surface area contributed by atoms with Crippen LogP contribution in [0.15, 0.2) is 48.7 Å². The Morgan fingerprint density at radius 1 is 1.06 bits per heavy atom. The lowest BCUT2D eigenvalue weighted by molar-refractivity contribution is 0.176. The van der Waals surface area contributed by atoms with E-state index in [1.54, 1.807) is 6.07 Å². The van der Waals surface area contributed by atoms with Gasteiger partial charge in [-0.1, -0.05) is 58.0 Å². The number of aryl methyl sites for hydroxylation is 1. The molecule has 2 aromatic carbocycles. The molecule has 5 heteroatoms. The fraction of sp³-hybridized carbons (Fsp3) is 0.452. The van der Waals surface area contributed by atoms with Crippen molar-refractivity contribution in [1.29, 1.82) is 0 Å². The fourth-order valence-electron chi connectivity index (χ4n) is 5.00. The number of halogens is 1. The summed E-state index contributed by atoms with van der Waals surface area (Å²) in [6.07, 6.45) is 4.21. The number of pyridine rings is 1. The Morgan fingerprint density at radius 3 is 2.58 bits per heavy atom. The van der Waals surface area contributed by atoms with Crippen molar-refractivity contribution in [3.8, 4) is 22.8 Å². The lowest BCUT2D eigenvalue weighted by Crippen LogP contribution is -2.23. The van der Waals surface area contributed by atoms with Crippen LogP contribution in [0, 0.1) is 11.7 Å². The van der Waals surface area contributed by atoms with Crippen LogP contribution in [0.5, 0.6) is 11.6 Å². The molecule has 36 heavy (non-hydrogen) atoms. The highest BCUT2D eigenvalue weighted by Crippen LogP contribution is 2.38. The third-order valence-corrected chi connectivity index (χ3v) is 6.92. The first-order valence-electron chi connectivity index (χ1n) is 13.3. The molecule has 1 atom stereocenters. The number of hydrogen-bond acceptors (Lipinski definition) is 4. The third kappa shape index (κ3) is 6.07. The molecule has 1 aliphatic rings. The topological polar surface area (TPSA) is 34.6 Å². The Labute approximate surface area is 215 Å². The minimum Gasteiger partial charge on any atom is -0.485 e. The second-order valence-electron chi connectivity index (χ2n) is 10.00. The van der Waals surface area contributed by atoms with Crippen molar-refractivity contribution in [3.63, 3.8) is 0 Å². The van der Waals surface area contributed by atoms with Gasteiger partial charge in [0, 0.05) is 18.2 Å². The third-order valence-electron chi connectivity index (χ3n) is 6.92. The van der Waals surface area contributed by atoms with E-state index in [4.69, 9.17) is 9.47 Å². The van der Waals surface area contributed by atoms with Gasteiger partial charge < -0.3 is 9.47 Å². The lowest BCUT2D eigenvalue weighted by atomic mass is 9.91. The first kappa shape index (κ1) is 26.2. The van der Waals surface area contributed by atoms with E-state index in [9.17, 15) is 4.39 Å². The molecule has 2 heterocycles. The summed E-state index contributed by atoms with van der Waals surface area (Å²) < 4.78 is 27.1. The Kier molecular flexibility index (Phi) is 8.63. The van der Waals surface area contributed by atoms with E-state index in [1.165, 1.54) is 17.3 Å². The summed E-state index contributed by atoms with van der Waals surface area (Å²) in [6, 6.07) is 14.7. The zero-order valence-electron chi connectivity index (χ0n) is 22.3. The van der Waals surface area contributed by atoms with Crippen LogP contribution in [0.4, 0.5) is 4.39 Å². The predicted molar refractivity (Wildman–Crippen MR) is 144 cm³/mol. The van der Waals surface area contributed by atoms with Crippen LogP contribution in [0.25, 0.3) is 11.1 Å². The first-order valence-corrected chi connectivity index (χ1v) is 13.3. The molecule has 4 rings (SSSR count). The van der Waals surface area contributed by atoms with Crippen LogP contribution < -0.4 is 9.47 Å². The van der Waals surface area contributed by atoms with Gasteiger partial charge in [-0.2, -0.15) is 0 Å². The maximum Gasteiger partial charge on any atom is 0.213 e. The summed E-state index contributed by atoms with van der Waals surface area (Å²) in [7, 11) is 0. The maximum atomic E-state index is 15.0. The van der Waals surface area contributed by atoms with Crippen molar-refractivity contribution < 1.29 is 13.9 Å². The van der Waals surface area contributed by atoms with Gasteiger partial charge in [0.05, 0.1) is 12.8 Å². The molecule has 1 unspecified atom stereocenters. The van der Waals surface area contributed by atoms with Crippen LogP contribution in [-0.4, -0.2) is 29.6 Å². The van der Waals surface area contributed by atoms with Crippen molar-refractivity contribution in [2.75, 3.05) is 19.7 Å². The molecule has 0 bridgehead atoms. The number of aromatic nitrogens is 1. The van der Waals surface area contributed by atoms with Gasteiger partial charge in [-0.3, -0.25) is 4.90 Å². The highest BCUT2D eigenvalue weighted by Gasteiger charge is 2.24. The highest BCUT2D eigenvalue weighted by atomic mass is 19.1. The summed E-state index contributed by atoms with van der Waals surface area (Å²) in [5.74, 6) is 1.71. The second-order valence-corrected chi connectivity index (χ2v) is 10.00. The van der Waals surface area contributed by atoms with Crippen molar-refractivity contribution in [3.05, 3.63) is 76.7 Å². The summed E-state index contributed by atoms with van der Waals surface area (Å²) in [6.45, 7) is 13.8. The Bertz CT molecular complexity index is 1170. The molecular weight excluding hydrogens is 451 g/mol. The van der Waals surface area contributed by atoms with E-state index in [0.717, 1.165) is 61.3 Å². The average Bonchev–Trinajstić information content (AvgIpc) is 2.87. The van der Waals surface area contributed by atoms with Gasteiger partial charge in [-0.05, 0) is 79.1 Å². The van der Waals surface area contributed by atoms with E-state index in [0.29, 0.717) is 24.0 Å². The lowest BCUT2D eigenvalue weighted by Gasteiger charge is -2.28. The zero-order valence-corrected chi connectivity index (χ0v) is 22.3. The number of fused-ring (bicyclic) bond motifs is 1. The smallest absolute Gasteiger partial charge is 0.213 e. The molecule has 0 aliphatic carbocycles. The zero-order chi connectivity index (χ0) is 25.7. The van der Waals surface area contributed by atoms with Gasteiger partial charge in [0.1, 0.15) is 17.7 Å². The molecule has 0 N–H and O–H groups in total. The van der Waals surface area contributed by atoms with E-state index in [1.807, 2.05) is 13.0 Å². The van der Waals surface area contributed by atoms with Crippen molar-refractivity contribution in [2.24, 2.45) is 5.92 Å². The molecule has 0 amide bonds. The van der Waals surface area contributed by atoms with E-state index in [2.05, 4.69) is 67.9 Å². The first-order chi connectivity index (χ1) is 17.4. The highest BCUT2D eigenvalue weighted by molar-refractivity contribution is 5.69. The average molecular weight is 491 g/mol. The van der Waals surface area contributed by atoms with Crippen molar-refractivity contribution >= 4 is 0 Å². The molecule has 4 nitrogen and oxygen atoms in total. The number of rotatable bonds is 10. The van der Waals surface area contributed by atoms with Crippen LogP contribution in [-0.2, 0) is 19.4 Å².